The summed E-state index contributed by atoms with van der Waals surface area (Å²) in [6.07, 6.45) is 2.94. The summed E-state index contributed by atoms with van der Waals surface area (Å²) < 4.78 is 0. The number of thioether (sulfide) groups is 1. The van der Waals surface area contributed by atoms with Gasteiger partial charge in [-0.3, -0.25) is 0 Å². The van der Waals surface area contributed by atoms with Gasteiger partial charge in [0.15, 0.2) is 11.5 Å². The molecule has 6 heteroatoms. The molecule has 0 radical (unpaired) electrons. The van der Waals surface area contributed by atoms with Crippen molar-refractivity contribution >= 4 is 23.5 Å². The van der Waals surface area contributed by atoms with Crippen molar-refractivity contribution < 1.29 is 9.90 Å². The van der Waals surface area contributed by atoms with E-state index >= 15 is 0 Å². The third-order valence-electron chi connectivity index (χ3n) is 2.19. The summed E-state index contributed by atoms with van der Waals surface area (Å²) in [5, 5.41) is 8.96. The number of carbonyl (C=O) groups is 1. The molecule has 0 bridgehead atoms. The lowest BCUT2D eigenvalue weighted by molar-refractivity contribution is 0.0690. The Balaban J connectivity index is 2.29. The molecule has 15 heavy (non-hydrogen) atoms. The summed E-state index contributed by atoms with van der Waals surface area (Å²) in [6.45, 7) is 1.67. The fourth-order valence-corrected chi connectivity index (χ4v) is 2.39. The first-order valence-electron chi connectivity index (χ1n) is 4.66. The van der Waals surface area contributed by atoms with Gasteiger partial charge in [-0.25, -0.2) is 14.8 Å². The van der Waals surface area contributed by atoms with Crippen molar-refractivity contribution in [3.63, 3.8) is 0 Å². The molecule has 0 spiro atoms. The Morgan fingerprint density at radius 2 is 2.00 bits per heavy atom. The van der Waals surface area contributed by atoms with Crippen molar-refractivity contribution in [2.24, 2.45) is 0 Å². The third-order valence-corrected chi connectivity index (χ3v) is 3.13. The summed E-state index contributed by atoms with van der Waals surface area (Å²) in [5.74, 6) is 1.49. The largest absolute Gasteiger partial charge is 0.476 e. The van der Waals surface area contributed by atoms with Crippen molar-refractivity contribution in [3.8, 4) is 0 Å². The lowest BCUT2D eigenvalue weighted by Crippen LogP contribution is -2.34. The fraction of sp³-hybridized carbons (Fsp3) is 0.444. The topological polar surface area (TPSA) is 66.3 Å². The van der Waals surface area contributed by atoms with Crippen LogP contribution in [0.2, 0.25) is 0 Å². The number of hydrogen-bond donors (Lipinski definition) is 1. The Labute approximate surface area is 91.5 Å². The Morgan fingerprint density at radius 3 is 2.67 bits per heavy atom. The van der Waals surface area contributed by atoms with Crippen LogP contribution in [0.25, 0.3) is 0 Å². The number of aromatic nitrogens is 2. The summed E-state index contributed by atoms with van der Waals surface area (Å²) in [5.41, 5.74) is 0.0457. The molecular formula is C9H11N3O2S. The lowest BCUT2D eigenvalue weighted by atomic mass is 10.3. The molecule has 0 saturated carbocycles. The number of hydrogen-bond acceptors (Lipinski definition) is 5. The van der Waals surface area contributed by atoms with Crippen LogP contribution in [0.1, 0.15) is 10.5 Å². The van der Waals surface area contributed by atoms with Crippen molar-refractivity contribution in [2.45, 2.75) is 0 Å². The molecule has 2 rings (SSSR count). The minimum absolute atomic E-state index is 0.0457. The number of carboxylic acid groups (broad SMARTS) is 1. The highest BCUT2D eigenvalue weighted by atomic mass is 32.2. The number of nitrogens with zero attached hydrogens (tertiary/aromatic N) is 3. The van der Waals surface area contributed by atoms with Gasteiger partial charge in [0, 0.05) is 37.0 Å². The quantitative estimate of drug-likeness (QED) is 0.800. The maximum Gasteiger partial charge on any atom is 0.358 e. The van der Waals surface area contributed by atoms with Gasteiger partial charge in [-0.15, -0.1) is 0 Å². The molecule has 5 nitrogen and oxygen atoms in total. The van der Waals surface area contributed by atoms with Crippen molar-refractivity contribution in [1.29, 1.82) is 0 Å². The summed E-state index contributed by atoms with van der Waals surface area (Å²) in [4.78, 5) is 20.8. The Morgan fingerprint density at radius 1 is 1.33 bits per heavy atom. The second-order valence-electron chi connectivity index (χ2n) is 3.13. The fourth-order valence-electron chi connectivity index (χ4n) is 1.49. The normalized spacial score (nSPS) is 16.4. The predicted octanol–water partition coefficient (Wildman–Crippen LogP) is 0.728. The van der Waals surface area contributed by atoms with Gasteiger partial charge in [-0.2, -0.15) is 11.8 Å². The second kappa shape index (κ2) is 4.48. The van der Waals surface area contributed by atoms with Crippen LogP contribution in [0.4, 0.5) is 5.82 Å². The van der Waals surface area contributed by atoms with E-state index in [-0.39, 0.29) is 5.69 Å². The maximum absolute atomic E-state index is 10.9. The predicted molar refractivity (Wildman–Crippen MR) is 58.5 cm³/mol. The molecule has 0 unspecified atom stereocenters. The van der Waals surface area contributed by atoms with Gasteiger partial charge in [0.25, 0.3) is 0 Å². The zero-order chi connectivity index (χ0) is 10.7. The van der Waals surface area contributed by atoms with Gasteiger partial charge in [0.1, 0.15) is 0 Å². The minimum atomic E-state index is -1.02. The molecule has 1 saturated heterocycles. The third kappa shape index (κ3) is 2.20. The zero-order valence-electron chi connectivity index (χ0n) is 8.09. The molecule has 1 N–H and O–H groups in total. The molecule has 1 aliphatic heterocycles. The first-order valence-corrected chi connectivity index (χ1v) is 5.81. The van der Waals surface area contributed by atoms with Crippen LogP contribution in [0, 0.1) is 0 Å². The van der Waals surface area contributed by atoms with E-state index in [2.05, 4.69) is 9.97 Å². The van der Waals surface area contributed by atoms with Gasteiger partial charge in [-0.05, 0) is 0 Å². The van der Waals surface area contributed by atoms with E-state index in [1.54, 1.807) is 0 Å². The smallest absolute Gasteiger partial charge is 0.358 e. The monoisotopic (exact) mass is 225 g/mol. The first kappa shape index (κ1) is 10.2. The van der Waals surface area contributed by atoms with Crippen LogP contribution in [0.3, 0.4) is 0 Å². The van der Waals surface area contributed by atoms with E-state index < -0.39 is 5.97 Å². The second-order valence-corrected chi connectivity index (χ2v) is 4.36. The van der Waals surface area contributed by atoms with E-state index in [0.717, 1.165) is 24.6 Å². The van der Waals surface area contributed by atoms with Crippen molar-refractivity contribution in [1.82, 2.24) is 9.97 Å². The van der Waals surface area contributed by atoms with Crippen LogP contribution in [0.15, 0.2) is 12.4 Å². The van der Waals surface area contributed by atoms with Crippen LogP contribution >= 0.6 is 11.8 Å². The van der Waals surface area contributed by atoms with Gasteiger partial charge in [-0.1, -0.05) is 0 Å². The minimum Gasteiger partial charge on any atom is -0.476 e. The molecule has 0 aliphatic carbocycles. The summed E-state index contributed by atoms with van der Waals surface area (Å²) >= 11 is 1.87. The van der Waals surface area contributed by atoms with E-state index in [0.29, 0.717) is 5.82 Å². The highest BCUT2D eigenvalue weighted by Gasteiger charge is 2.20. The molecule has 1 aromatic heterocycles. The van der Waals surface area contributed by atoms with Crippen LogP contribution in [-0.2, 0) is 0 Å². The lowest BCUT2D eigenvalue weighted by Gasteiger charge is -2.27. The van der Waals surface area contributed by atoms with Crippen LogP contribution in [0.5, 0.6) is 0 Å². The number of aromatic carboxylic acids is 1. The van der Waals surface area contributed by atoms with Gasteiger partial charge in [0.05, 0.1) is 0 Å². The molecule has 0 amide bonds. The molecule has 0 aromatic carbocycles. The van der Waals surface area contributed by atoms with Gasteiger partial charge in [0.2, 0.25) is 0 Å². The van der Waals surface area contributed by atoms with Crippen molar-refractivity contribution in [3.05, 3.63) is 18.1 Å². The van der Waals surface area contributed by atoms with Gasteiger partial charge < -0.3 is 10.0 Å². The highest BCUT2D eigenvalue weighted by Crippen LogP contribution is 2.19. The van der Waals surface area contributed by atoms with E-state index in [9.17, 15) is 4.79 Å². The van der Waals surface area contributed by atoms with Gasteiger partial charge >= 0.3 is 5.97 Å². The van der Waals surface area contributed by atoms with E-state index in [1.807, 2.05) is 16.7 Å². The van der Waals surface area contributed by atoms with Crippen molar-refractivity contribution in [2.75, 3.05) is 29.5 Å². The zero-order valence-corrected chi connectivity index (χ0v) is 8.90. The maximum atomic E-state index is 10.9. The van der Waals surface area contributed by atoms with E-state index in [1.165, 1.54) is 12.4 Å². The molecule has 2 heterocycles. The number of rotatable bonds is 2. The molecule has 80 valence electrons. The molecular weight excluding hydrogens is 214 g/mol. The SMILES string of the molecule is O=C(O)c1nccnc1N1CCSCC1. The Kier molecular flexibility index (Phi) is 3.05. The Bertz CT molecular complexity index is 366. The van der Waals surface area contributed by atoms with E-state index in [4.69, 9.17) is 5.11 Å². The molecule has 0 atom stereocenters. The average Bonchev–Trinajstić information content (AvgIpc) is 2.30. The highest BCUT2D eigenvalue weighted by molar-refractivity contribution is 7.99. The first-order chi connectivity index (χ1) is 7.29. The van der Waals surface area contributed by atoms with Crippen LogP contribution < -0.4 is 4.90 Å². The molecule has 1 aliphatic rings. The molecule has 1 aromatic rings. The number of anilines is 1. The van der Waals surface area contributed by atoms with Crippen LogP contribution in [-0.4, -0.2) is 45.6 Å². The summed E-state index contributed by atoms with van der Waals surface area (Å²) in [7, 11) is 0. The standard InChI is InChI=1S/C9H11N3O2S/c13-9(14)7-8(11-2-1-10-7)12-3-5-15-6-4-12/h1-2H,3-6H2,(H,13,14). The number of carboxylic acids is 1. The average molecular weight is 225 g/mol. The molecule has 1 fully saturated rings. The summed E-state index contributed by atoms with van der Waals surface area (Å²) in [6, 6.07) is 0. The Hall–Kier alpha value is -1.30.